The molecule has 67 heavy (non-hydrogen) atoms. The number of phosphoric acid groups is 1. The minimum Gasteiger partial charge on any atom is -0.387 e. The number of aliphatic hydroxyl groups is 1. The van der Waals surface area contributed by atoms with Crippen molar-refractivity contribution in [2.45, 2.75) is 225 Å². The average molecular weight is 956 g/mol. The van der Waals surface area contributed by atoms with E-state index in [4.69, 9.17) is 9.05 Å². The van der Waals surface area contributed by atoms with E-state index in [1.807, 2.05) is 27.2 Å². The van der Waals surface area contributed by atoms with Gasteiger partial charge in [0.1, 0.15) is 13.2 Å². The number of hydrogen-bond donors (Lipinski definition) is 3. The summed E-state index contributed by atoms with van der Waals surface area (Å²) in [5.74, 6) is -0.192. The van der Waals surface area contributed by atoms with E-state index in [9.17, 15) is 19.4 Å². The van der Waals surface area contributed by atoms with Crippen LogP contribution in [0, 0.1) is 0 Å². The Morgan fingerprint density at radius 2 is 0.896 bits per heavy atom. The van der Waals surface area contributed by atoms with E-state index in [-0.39, 0.29) is 19.1 Å². The first-order chi connectivity index (χ1) is 32.5. The number of nitrogens with one attached hydrogen (secondary N) is 1. The van der Waals surface area contributed by atoms with Crippen LogP contribution < -0.4 is 5.32 Å². The van der Waals surface area contributed by atoms with Gasteiger partial charge in [0.25, 0.3) is 0 Å². The number of unbranched alkanes of at least 4 members (excludes halogenated alkanes) is 21. The molecular formula is C58H104N2O6P+. The smallest absolute Gasteiger partial charge is 0.387 e. The van der Waals surface area contributed by atoms with Crippen molar-refractivity contribution in [3.05, 3.63) is 97.2 Å². The third-order valence-corrected chi connectivity index (χ3v) is 12.5. The zero-order chi connectivity index (χ0) is 49.2. The molecule has 1 amide bonds. The minimum absolute atomic E-state index is 0.0543. The Bertz CT molecular complexity index is 1410. The molecular weight excluding hydrogens is 852 g/mol. The highest BCUT2D eigenvalue weighted by atomic mass is 31.2. The fourth-order valence-corrected chi connectivity index (χ4v) is 8.05. The highest BCUT2D eigenvalue weighted by molar-refractivity contribution is 7.47. The predicted molar refractivity (Wildman–Crippen MR) is 290 cm³/mol. The number of amides is 1. The van der Waals surface area contributed by atoms with Gasteiger partial charge >= 0.3 is 7.82 Å². The lowest BCUT2D eigenvalue weighted by atomic mass is 10.0. The summed E-state index contributed by atoms with van der Waals surface area (Å²) < 4.78 is 23.7. The Morgan fingerprint density at radius 1 is 0.522 bits per heavy atom. The highest BCUT2D eigenvalue weighted by Crippen LogP contribution is 2.43. The largest absolute Gasteiger partial charge is 0.472 e. The molecule has 0 saturated carbocycles. The molecule has 0 radical (unpaired) electrons. The summed E-state index contributed by atoms with van der Waals surface area (Å²) in [5, 5.41) is 13.9. The third kappa shape index (κ3) is 51.1. The Morgan fingerprint density at radius 3 is 1.31 bits per heavy atom. The number of rotatable bonds is 48. The van der Waals surface area contributed by atoms with Gasteiger partial charge < -0.3 is 19.8 Å². The molecule has 0 aromatic carbocycles. The Hall–Kier alpha value is -2.58. The van der Waals surface area contributed by atoms with E-state index < -0.39 is 20.0 Å². The molecule has 0 aliphatic carbocycles. The van der Waals surface area contributed by atoms with Gasteiger partial charge in [-0.05, 0) is 77.0 Å². The molecule has 386 valence electrons. The number of carbonyl (C=O) groups excluding carboxylic acids is 1. The predicted octanol–water partition coefficient (Wildman–Crippen LogP) is 16.3. The number of allylic oxidation sites excluding steroid dienone is 15. The molecule has 0 heterocycles. The van der Waals surface area contributed by atoms with E-state index >= 15 is 0 Å². The first-order valence-corrected chi connectivity index (χ1v) is 28.6. The van der Waals surface area contributed by atoms with Gasteiger partial charge in [0.05, 0.1) is 39.9 Å². The van der Waals surface area contributed by atoms with Crippen molar-refractivity contribution in [2.75, 3.05) is 40.9 Å². The Kier molecular flexibility index (Phi) is 46.6. The number of aliphatic hydroxyl groups excluding tert-OH is 1. The monoisotopic (exact) mass is 956 g/mol. The van der Waals surface area contributed by atoms with Crippen LogP contribution in [0.2, 0.25) is 0 Å². The summed E-state index contributed by atoms with van der Waals surface area (Å²) in [6, 6.07) is -0.859. The number of phosphoric ester groups is 1. The molecule has 0 spiro atoms. The highest BCUT2D eigenvalue weighted by Gasteiger charge is 2.27. The molecule has 0 aromatic rings. The van der Waals surface area contributed by atoms with Crippen LogP contribution >= 0.6 is 7.82 Å². The van der Waals surface area contributed by atoms with Crippen molar-refractivity contribution >= 4 is 13.7 Å². The number of carbonyl (C=O) groups is 1. The summed E-state index contributed by atoms with van der Waals surface area (Å²) in [7, 11) is 1.55. The summed E-state index contributed by atoms with van der Waals surface area (Å²) in [6.07, 6.45) is 69.1. The quantitative estimate of drug-likeness (QED) is 0.0243. The van der Waals surface area contributed by atoms with Gasteiger partial charge in [-0.15, -0.1) is 0 Å². The lowest BCUT2D eigenvalue weighted by Gasteiger charge is -2.25. The molecule has 0 rings (SSSR count). The van der Waals surface area contributed by atoms with Crippen LogP contribution in [-0.4, -0.2) is 73.4 Å². The first-order valence-electron chi connectivity index (χ1n) is 27.1. The van der Waals surface area contributed by atoms with Crippen molar-refractivity contribution in [1.82, 2.24) is 5.32 Å². The maximum Gasteiger partial charge on any atom is 0.472 e. The summed E-state index contributed by atoms with van der Waals surface area (Å²) in [6.45, 7) is 4.69. The van der Waals surface area contributed by atoms with Crippen LogP contribution in [0.5, 0.6) is 0 Å². The summed E-state index contributed by atoms with van der Waals surface area (Å²) >= 11 is 0. The van der Waals surface area contributed by atoms with Gasteiger partial charge in [-0.2, -0.15) is 0 Å². The normalized spacial score (nSPS) is 14.8. The zero-order valence-corrected chi connectivity index (χ0v) is 44.8. The average Bonchev–Trinajstić information content (AvgIpc) is 3.29. The van der Waals surface area contributed by atoms with Crippen LogP contribution in [0.1, 0.15) is 213 Å². The van der Waals surface area contributed by atoms with E-state index in [2.05, 4.69) is 104 Å². The molecule has 9 heteroatoms. The van der Waals surface area contributed by atoms with Gasteiger partial charge in [-0.3, -0.25) is 13.8 Å². The van der Waals surface area contributed by atoms with Crippen LogP contribution in [0.25, 0.3) is 0 Å². The van der Waals surface area contributed by atoms with Crippen LogP contribution in [0.4, 0.5) is 0 Å². The number of nitrogens with zero attached hydrogens (tertiary/aromatic N) is 1. The maximum absolute atomic E-state index is 13.0. The fourth-order valence-electron chi connectivity index (χ4n) is 7.32. The van der Waals surface area contributed by atoms with Gasteiger partial charge in [0, 0.05) is 6.42 Å². The summed E-state index contributed by atoms with van der Waals surface area (Å²) in [4.78, 5) is 23.3. The topological polar surface area (TPSA) is 105 Å². The molecule has 0 aromatic heterocycles. The number of quaternary nitrogens is 1. The molecule has 0 aliphatic heterocycles. The summed E-state index contributed by atoms with van der Waals surface area (Å²) in [5.41, 5.74) is 0. The zero-order valence-electron chi connectivity index (χ0n) is 43.9. The lowest BCUT2D eigenvalue weighted by Crippen LogP contribution is -2.45. The van der Waals surface area contributed by atoms with Gasteiger partial charge in [-0.1, -0.05) is 227 Å². The molecule has 3 N–H and O–H groups in total. The SMILES string of the molecule is CC/C=C\C/C=C\C/C=C\C/C=C\C/C=C\C/C=C\C/C=C\CCCCCCCCCC(=O)NC(COP(=O)(O)OCC[N+](C)(C)C)C(O)/C=C/CCCCCCCCCCCCCCCC. The Labute approximate surface area is 413 Å². The minimum atomic E-state index is -4.35. The first kappa shape index (κ1) is 64.4. The fraction of sp³-hybridized carbons (Fsp3) is 0.707. The number of likely N-dealkylation sites (N-methyl/N-ethyl adjacent to an activating group) is 1. The van der Waals surface area contributed by atoms with Crippen LogP contribution in [0.15, 0.2) is 97.2 Å². The third-order valence-electron chi connectivity index (χ3n) is 11.6. The molecule has 8 nitrogen and oxygen atoms in total. The van der Waals surface area contributed by atoms with Crippen molar-refractivity contribution in [3.8, 4) is 0 Å². The van der Waals surface area contributed by atoms with E-state index in [1.165, 1.54) is 96.3 Å². The second-order valence-corrected chi connectivity index (χ2v) is 20.7. The van der Waals surface area contributed by atoms with E-state index in [0.717, 1.165) is 96.3 Å². The van der Waals surface area contributed by atoms with Gasteiger partial charge in [0.2, 0.25) is 5.91 Å². The lowest BCUT2D eigenvalue weighted by molar-refractivity contribution is -0.870. The van der Waals surface area contributed by atoms with Gasteiger partial charge in [-0.25, -0.2) is 4.57 Å². The van der Waals surface area contributed by atoms with E-state index in [0.29, 0.717) is 17.4 Å². The van der Waals surface area contributed by atoms with Gasteiger partial charge in [0.15, 0.2) is 0 Å². The molecule has 0 fully saturated rings. The van der Waals surface area contributed by atoms with Crippen molar-refractivity contribution in [1.29, 1.82) is 0 Å². The maximum atomic E-state index is 13.0. The van der Waals surface area contributed by atoms with Crippen molar-refractivity contribution in [3.63, 3.8) is 0 Å². The molecule has 0 aliphatic rings. The molecule has 3 atom stereocenters. The Balaban J connectivity index is 4.29. The second-order valence-electron chi connectivity index (χ2n) is 19.2. The van der Waals surface area contributed by atoms with E-state index in [1.54, 1.807) is 6.08 Å². The van der Waals surface area contributed by atoms with Crippen LogP contribution in [-0.2, 0) is 18.4 Å². The second kappa shape index (κ2) is 48.4. The number of hydrogen-bond acceptors (Lipinski definition) is 5. The van der Waals surface area contributed by atoms with Crippen LogP contribution in [0.3, 0.4) is 0 Å². The molecule has 3 unspecified atom stereocenters. The standard InChI is InChI=1S/C58H103N2O6P/c1-6-8-10-12-14-16-18-20-22-24-25-26-27-28-29-30-31-32-33-34-35-36-38-40-42-44-46-48-50-52-58(62)59-56(55-66-67(63,64)65-54-53-60(3,4)5)57(61)51-49-47-45-43-41-39-37-23-21-19-17-15-13-11-9-7-2/h8,10,14,16,20,22,25-26,28-29,31-32,34-35,49,51,56-57,61H,6-7,9,11-13,15,17-19,21,23-24,27,30,33,36-48,50,52-55H2,1-5H3,(H-,59,62,63,64)/p+1/b10-8-,16-14-,22-20-,26-25-,29-28-,32-31-,35-34-,51-49+. The molecule has 0 bridgehead atoms. The van der Waals surface area contributed by atoms with Crippen molar-refractivity contribution in [2.24, 2.45) is 0 Å². The van der Waals surface area contributed by atoms with Crippen molar-refractivity contribution < 1.29 is 32.9 Å². The molecule has 0 saturated heterocycles.